The summed E-state index contributed by atoms with van der Waals surface area (Å²) in [5.41, 5.74) is 0. The van der Waals surface area contributed by atoms with E-state index in [1.54, 1.807) is 0 Å². The molecule has 1 aliphatic rings. The molecule has 0 radical (unpaired) electrons. The van der Waals surface area contributed by atoms with Gasteiger partial charge in [-0.15, -0.1) is 0 Å². The summed E-state index contributed by atoms with van der Waals surface area (Å²) in [6.45, 7) is 0. The number of alkyl halides is 12. The fourth-order valence-electron chi connectivity index (χ4n) is 1.34. The molecule has 17 heteroatoms. The highest BCUT2D eigenvalue weighted by Gasteiger charge is 2.91. The van der Waals surface area contributed by atoms with Crippen LogP contribution < -0.4 is 0 Å². The van der Waals surface area contributed by atoms with Crippen molar-refractivity contribution in [3.05, 3.63) is 0 Å². The van der Waals surface area contributed by atoms with Crippen molar-refractivity contribution in [3.8, 4) is 0 Å². The van der Waals surface area contributed by atoms with E-state index in [0.717, 1.165) is 0 Å². The Morgan fingerprint density at radius 1 is 0.880 bits per heavy atom. The highest BCUT2D eigenvalue weighted by Crippen LogP contribution is 2.61. The molecule has 25 heavy (non-hydrogen) atoms. The van der Waals surface area contributed by atoms with Crippen molar-refractivity contribution in [2.24, 2.45) is 0 Å². The molecule has 0 aromatic carbocycles. The summed E-state index contributed by atoms with van der Waals surface area (Å²) >= 11 is 0. The summed E-state index contributed by atoms with van der Waals surface area (Å²) in [7, 11) is 0. The van der Waals surface area contributed by atoms with Crippen LogP contribution >= 0.6 is 0 Å². The summed E-state index contributed by atoms with van der Waals surface area (Å²) in [5, 5.41) is 7.96. The average molecular weight is 406 g/mol. The second-order valence-corrected chi connectivity index (χ2v) is 4.22. The second kappa shape index (κ2) is 5.50. The van der Waals surface area contributed by atoms with Crippen molar-refractivity contribution < 1.29 is 76.8 Å². The van der Waals surface area contributed by atoms with Crippen molar-refractivity contribution in [1.29, 1.82) is 0 Å². The summed E-state index contributed by atoms with van der Waals surface area (Å²) < 4.78 is 161. The Morgan fingerprint density at radius 3 is 1.60 bits per heavy atom. The summed E-state index contributed by atoms with van der Waals surface area (Å²) in [6, 6.07) is -6.48. The van der Waals surface area contributed by atoms with Crippen LogP contribution in [0.25, 0.3) is 0 Å². The van der Waals surface area contributed by atoms with Gasteiger partial charge in [-0.2, -0.15) is 48.3 Å². The lowest BCUT2D eigenvalue weighted by molar-refractivity contribution is -0.637. The summed E-state index contributed by atoms with van der Waals surface area (Å²) in [4.78, 5) is 10.0. The molecule has 1 N–H and O–H groups in total. The number of carbonyl (C=O) groups is 1. The molecular weight excluding hydrogens is 404 g/mol. The van der Waals surface area contributed by atoms with Crippen molar-refractivity contribution in [2.75, 3.05) is 0 Å². The van der Waals surface area contributed by atoms with E-state index in [9.17, 15) is 57.5 Å². The number of hydrogen-bond acceptors (Lipinski definition) is 4. The Kier molecular flexibility index (Phi) is 4.74. The zero-order valence-electron chi connectivity index (χ0n) is 10.7. The SMILES string of the molecule is O=C(O)C(F)OC1(F)OC(F)(C(F)(F)F)C(F)(F)OC1(F)C(F)(F)F. The van der Waals surface area contributed by atoms with Gasteiger partial charge in [-0.05, 0) is 0 Å². The van der Waals surface area contributed by atoms with Crippen LogP contribution in [-0.2, 0) is 19.0 Å². The molecule has 0 spiro atoms. The van der Waals surface area contributed by atoms with Crippen molar-refractivity contribution in [2.45, 2.75) is 42.6 Å². The van der Waals surface area contributed by atoms with Crippen molar-refractivity contribution in [3.63, 3.8) is 0 Å². The van der Waals surface area contributed by atoms with Crippen LogP contribution in [0.2, 0.25) is 0 Å². The number of halogens is 12. The van der Waals surface area contributed by atoms with Gasteiger partial charge < -0.3 is 5.11 Å². The minimum absolute atomic E-state index is 1.96. The van der Waals surface area contributed by atoms with Crippen LogP contribution in [0.15, 0.2) is 0 Å². The Bertz CT molecular complexity index is 547. The van der Waals surface area contributed by atoms with Gasteiger partial charge in [-0.3, -0.25) is 14.2 Å². The molecule has 1 fully saturated rings. The van der Waals surface area contributed by atoms with E-state index in [2.05, 4.69) is 9.47 Å². The minimum atomic E-state index is -7.07. The first-order valence-corrected chi connectivity index (χ1v) is 5.27. The van der Waals surface area contributed by atoms with E-state index in [0.29, 0.717) is 0 Å². The Hall–Kier alpha value is -1.49. The Balaban J connectivity index is 3.59. The molecule has 148 valence electrons. The van der Waals surface area contributed by atoms with Gasteiger partial charge in [0.15, 0.2) is 0 Å². The van der Waals surface area contributed by atoms with E-state index in [1.807, 2.05) is 4.74 Å². The molecule has 0 saturated carbocycles. The van der Waals surface area contributed by atoms with Gasteiger partial charge in [-0.1, -0.05) is 0 Å². The van der Waals surface area contributed by atoms with Crippen LogP contribution in [0.1, 0.15) is 0 Å². The van der Waals surface area contributed by atoms with Crippen LogP contribution in [0.4, 0.5) is 52.7 Å². The maximum absolute atomic E-state index is 13.9. The molecule has 4 unspecified atom stereocenters. The van der Waals surface area contributed by atoms with Gasteiger partial charge in [-0.25, -0.2) is 9.18 Å². The third-order valence-corrected chi connectivity index (χ3v) is 2.48. The molecule has 0 aromatic heterocycles. The molecule has 1 aliphatic heterocycles. The number of rotatable bonds is 3. The zero-order chi connectivity index (χ0) is 20.3. The molecule has 0 bridgehead atoms. The normalized spacial score (nSPS) is 37.6. The highest BCUT2D eigenvalue weighted by atomic mass is 19.4. The van der Waals surface area contributed by atoms with Gasteiger partial charge in [0, 0.05) is 0 Å². The van der Waals surface area contributed by atoms with Gasteiger partial charge in [0.25, 0.3) is 0 Å². The molecule has 1 heterocycles. The third kappa shape index (κ3) is 3.07. The van der Waals surface area contributed by atoms with Crippen LogP contribution in [-0.4, -0.2) is 53.6 Å². The van der Waals surface area contributed by atoms with Crippen molar-refractivity contribution >= 4 is 5.97 Å². The van der Waals surface area contributed by atoms with E-state index >= 15 is 0 Å². The molecular formula is C8H2F12O5. The second-order valence-electron chi connectivity index (χ2n) is 4.22. The standard InChI is InChI=1S/C8H2F12O5/c9-1(2(21)22)23-8(20)4(11,6(15,16)17)24-7(18,19)3(10,25-8)5(12,13)14/h1H,(H,21,22). The Labute approximate surface area is 127 Å². The van der Waals surface area contributed by atoms with Gasteiger partial charge in [0.05, 0.1) is 0 Å². The third-order valence-electron chi connectivity index (χ3n) is 2.48. The number of aliphatic carboxylic acids is 1. The topological polar surface area (TPSA) is 65.0 Å². The smallest absolute Gasteiger partial charge is 0.458 e. The van der Waals surface area contributed by atoms with Gasteiger partial charge in [0.2, 0.25) is 0 Å². The van der Waals surface area contributed by atoms with Crippen LogP contribution in [0.3, 0.4) is 0 Å². The fraction of sp³-hybridized carbons (Fsp3) is 0.875. The first kappa shape index (κ1) is 21.6. The van der Waals surface area contributed by atoms with Crippen molar-refractivity contribution in [1.82, 2.24) is 0 Å². The lowest BCUT2D eigenvalue weighted by Gasteiger charge is -2.49. The Morgan fingerprint density at radius 2 is 1.28 bits per heavy atom. The zero-order valence-corrected chi connectivity index (χ0v) is 10.7. The van der Waals surface area contributed by atoms with Gasteiger partial charge >= 0.3 is 48.5 Å². The number of carboxylic acids is 1. The predicted molar refractivity (Wildman–Crippen MR) is 44.4 cm³/mol. The lowest BCUT2D eigenvalue weighted by atomic mass is 10.1. The molecule has 0 aliphatic carbocycles. The number of carboxylic acid groups (broad SMARTS) is 1. The van der Waals surface area contributed by atoms with E-state index < -0.39 is 48.5 Å². The largest absolute Gasteiger partial charge is 0.477 e. The van der Waals surface area contributed by atoms with E-state index in [4.69, 9.17) is 5.11 Å². The minimum Gasteiger partial charge on any atom is -0.477 e. The summed E-state index contributed by atoms with van der Waals surface area (Å²) in [5.74, 6) is -16.6. The maximum atomic E-state index is 13.9. The first-order chi connectivity index (χ1) is 10.7. The number of ether oxygens (including phenoxy) is 3. The summed E-state index contributed by atoms with van der Waals surface area (Å²) in [6.07, 6.45) is -25.4. The molecule has 5 nitrogen and oxygen atoms in total. The van der Waals surface area contributed by atoms with E-state index in [1.165, 1.54) is 0 Å². The quantitative estimate of drug-likeness (QED) is 0.731. The molecule has 4 atom stereocenters. The van der Waals surface area contributed by atoms with Crippen LogP contribution in [0, 0.1) is 0 Å². The van der Waals surface area contributed by atoms with E-state index in [-0.39, 0.29) is 0 Å². The molecule has 0 amide bonds. The number of hydrogen-bond donors (Lipinski definition) is 1. The van der Waals surface area contributed by atoms with Crippen LogP contribution in [0.5, 0.6) is 0 Å². The first-order valence-electron chi connectivity index (χ1n) is 5.27. The fourth-order valence-corrected chi connectivity index (χ4v) is 1.34. The highest BCUT2D eigenvalue weighted by molar-refractivity contribution is 5.70. The predicted octanol–water partition coefficient (Wildman–Crippen LogP) is 3.10. The maximum Gasteiger partial charge on any atom is 0.458 e. The van der Waals surface area contributed by atoms with Gasteiger partial charge in [0.1, 0.15) is 0 Å². The molecule has 1 saturated heterocycles. The molecule has 0 aromatic rings. The lowest BCUT2D eigenvalue weighted by Crippen LogP contribution is -2.77. The monoisotopic (exact) mass is 406 g/mol. The molecule has 1 rings (SSSR count). The average Bonchev–Trinajstić information content (AvgIpc) is 2.33.